The topological polar surface area (TPSA) is 42.0 Å². The van der Waals surface area contributed by atoms with E-state index in [1.54, 1.807) is 6.08 Å². The third kappa shape index (κ3) is 3.23. The minimum absolute atomic E-state index is 0.170. The molecule has 0 atom stereocenters. The van der Waals surface area contributed by atoms with Gasteiger partial charge in [0.2, 0.25) is 5.91 Å². The molecule has 4 heteroatoms. The third-order valence-corrected chi connectivity index (χ3v) is 4.39. The van der Waals surface area contributed by atoms with E-state index in [0.29, 0.717) is 5.13 Å². The summed E-state index contributed by atoms with van der Waals surface area (Å²) in [6.07, 6.45) is 3.31. The van der Waals surface area contributed by atoms with Gasteiger partial charge in [0.25, 0.3) is 0 Å². The van der Waals surface area contributed by atoms with Gasteiger partial charge in [-0.15, -0.1) is 0 Å². The molecule has 0 aliphatic carbocycles. The number of fused-ring (bicyclic) bond motifs is 1. The summed E-state index contributed by atoms with van der Waals surface area (Å²) >= 11 is 1.49. The first-order valence-corrected chi connectivity index (χ1v) is 7.85. The van der Waals surface area contributed by atoms with Crippen LogP contribution < -0.4 is 5.32 Å². The van der Waals surface area contributed by atoms with Gasteiger partial charge in [-0.2, -0.15) is 0 Å². The van der Waals surface area contributed by atoms with Crippen LogP contribution in [0.5, 0.6) is 0 Å². The number of carbonyl (C=O) groups is 1. The molecule has 0 unspecified atom stereocenters. The standard InChI is InChI=1S/C18H16N2OS/c1-12-10-15-16(11-13(12)2)22-18(19-15)20-17(21)9-8-14-6-4-3-5-7-14/h3-11H,1-2H3,(H,19,20,21)/b9-8+. The summed E-state index contributed by atoms with van der Waals surface area (Å²) in [5.74, 6) is -0.170. The molecule has 110 valence electrons. The van der Waals surface area contributed by atoms with Crippen molar-refractivity contribution in [2.24, 2.45) is 0 Å². The number of hydrogen-bond donors (Lipinski definition) is 1. The summed E-state index contributed by atoms with van der Waals surface area (Å²) < 4.78 is 1.09. The van der Waals surface area contributed by atoms with E-state index < -0.39 is 0 Å². The maximum Gasteiger partial charge on any atom is 0.250 e. The molecule has 22 heavy (non-hydrogen) atoms. The van der Waals surface area contributed by atoms with Crippen molar-refractivity contribution in [3.8, 4) is 0 Å². The Balaban J connectivity index is 1.75. The Morgan fingerprint density at radius 3 is 2.64 bits per heavy atom. The number of carbonyl (C=O) groups excluding carboxylic acids is 1. The highest BCUT2D eigenvalue weighted by molar-refractivity contribution is 7.22. The number of anilines is 1. The first-order chi connectivity index (χ1) is 10.6. The molecule has 1 heterocycles. The molecule has 3 rings (SSSR count). The quantitative estimate of drug-likeness (QED) is 0.720. The van der Waals surface area contributed by atoms with Crippen molar-refractivity contribution in [2.45, 2.75) is 13.8 Å². The van der Waals surface area contributed by atoms with Crippen LogP contribution in [0.3, 0.4) is 0 Å². The Morgan fingerprint density at radius 1 is 1.14 bits per heavy atom. The van der Waals surface area contributed by atoms with E-state index in [-0.39, 0.29) is 5.91 Å². The van der Waals surface area contributed by atoms with Crippen LogP contribution in [0, 0.1) is 13.8 Å². The minimum atomic E-state index is -0.170. The maximum atomic E-state index is 12.0. The van der Waals surface area contributed by atoms with Gasteiger partial charge in [0.15, 0.2) is 5.13 Å². The molecular formula is C18H16N2OS. The molecule has 0 fully saturated rings. The van der Waals surface area contributed by atoms with Crippen molar-refractivity contribution in [1.29, 1.82) is 0 Å². The molecule has 2 aromatic carbocycles. The van der Waals surface area contributed by atoms with Gasteiger partial charge >= 0.3 is 0 Å². The largest absolute Gasteiger partial charge is 0.298 e. The lowest BCUT2D eigenvalue weighted by molar-refractivity contribution is -0.111. The molecule has 0 radical (unpaired) electrons. The van der Waals surface area contributed by atoms with E-state index in [4.69, 9.17) is 0 Å². The fourth-order valence-electron chi connectivity index (χ4n) is 2.12. The average Bonchev–Trinajstić information content (AvgIpc) is 2.88. The molecule has 0 aliphatic heterocycles. The van der Waals surface area contributed by atoms with E-state index >= 15 is 0 Å². The van der Waals surface area contributed by atoms with Crippen molar-refractivity contribution in [3.63, 3.8) is 0 Å². The van der Waals surface area contributed by atoms with E-state index in [1.807, 2.05) is 30.3 Å². The van der Waals surface area contributed by atoms with Gasteiger partial charge in [-0.3, -0.25) is 10.1 Å². The number of nitrogens with zero attached hydrogens (tertiary/aromatic N) is 1. The normalized spacial score (nSPS) is 11.2. The predicted octanol–water partition coefficient (Wildman–Crippen LogP) is 4.57. The van der Waals surface area contributed by atoms with Crippen molar-refractivity contribution in [1.82, 2.24) is 4.98 Å². The Hall–Kier alpha value is -2.46. The number of thiazole rings is 1. The number of amides is 1. The zero-order chi connectivity index (χ0) is 15.5. The molecule has 0 aliphatic rings. The van der Waals surface area contributed by atoms with Crippen LogP contribution in [-0.4, -0.2) is 10.9 Å². The monoisotopic (exact) mass is 308 g/mol. The Bertz CT molecular complexity index is 811. The fourth-order valence-corrected chi connectivity index (χ4v) is 3.07. The van der Waals surface area contributed by atoms with Crippen molar-refractivity contribution < 1.29 is 4.79 Å². The van der Waals surface area contributed by atoms with Gasteiger partial charge in [-0.25, -0.2) is 4.98 Å². The molecular weight excluding hydrogens is 292 g/mol. The van der Waals surface area contributed by atoms with Crippen molar-refractivity contribution >= 4 is 38.7 Å². The highest BCUT2D eigenvalue weighted by atomic mass is 32.1. The molecule has 0 saturated heterocycles. The van der Waals surface area contributed by atoms with Crippen molar-refractivity contribution in [3.05, 3.63) is 65.2 Å². The fraction of sp³-hybridized carbons (Fsp3) is 0.111. The van der Waals surface area contributed by atoms with E-state index in [9.17, 15) is 4.79 Å². The maximum absolute atomic E-state index is 12.0. The first kappa shape index (κ1) is 14.5. The van der Waals surface area contributed by atoms with Crippen LogP contribution in [0.2, 0.25) is 0 Å². The van der Waals surface area contributed by atoms with Gasteiger partial charge < -0.3 is 0 Å². The minimum Gasteiger partial charge on any atom is -0.298 e. The van der Waals surface area contributed by atoms with E-state index in [0.717, 1.165) is 15.8 Å². The van der Waals surface area contributed by atoms with E-state index in [1.165, 1.54) is 28.5 Å². The van der Waals surface area contributed by atoms with Crippen LogP contribution in [0.1, 0.15) is 16.7 Å². The van der Waals surface area contributed by atoms with Crippen LogP contribution >= 0.6 is 11.3 Å². The third-order valence-electron chi connectivity index (χ3n) is 3.46. The van der Waals surface area contributed by atoms with Gasteiger partial charge in [-0.1, -0.05) is 41.7 Å². The zero-order valence-corrected chi connectivity index (χ0v) is 13.3. The summed E-state index contributed by atoms with van der Waals surface area (Å²) in [7, 11) is 0. The summed E-state index contributed by atoms with van der Waals surface area (Å²) in [6, 6.07) is 13.9. The lowest BCUT2D eigenvalue weighted by Gasteiger charge is -1.96. The Morgan fingerprint density at radius 2 is 1.86 bits per heavy atom. The van der Waals surface area contributed by atoms with Crippen LogP contribution in [0.25, 0.3) is 16.3 Å². The molecule has 3 aromatic rings. The second-order valence-corrected chi connectivity index (χ2v) is 6.19. The number of nitrogens with one attached hydrogen (secondary N) is 1. The summed E-state index contributed by atoms with van der Waals surface area (Å²) in [5.41, 5.74) is 4.36. The highest BCUT2D eigenvalue weighted by Crippen LogP contribution is 2.28. The molecule has 3 nitrogen and oxygen atoms in total. The van der Waals surface area contributed by atoms with Gasteiger partial charge in [0.1, 0.15) is 0 Å². The second kappa shape index (κ2) is 6.12. The summed E-state index contributed by atoms with van der Waals surface area (Å²) in [4.78, 5) is 16.4. The predicted molar refractivity (Wildman–Crippen MR) is 93.2 cm³/mol. The number of aryl methyl sites for hydroxylation is 2. The zero-order valence-electron chi connectivity index (χ0n) is 12.5. The Labute approximate surface area is 133 Å². The molecule has 1 N–H and O–H groups in total. The number of hydrogen-bond acceptors (Lipinski definition) is 3. The number of benzene rings is 2. The van der Waals surface area contributed by atoms with Gasteiger partial charge in [0.05, 0.1) is 10.2 Å². The van der Waals surface area contributed by atoms with E-state index in [2.05, 4.69) is 36.3 Å². The van der Waals surface area contributed by atoms with Gasteiger partial charge in [0, 0.05) is 6.08 Å². The summed E-state index contributed by atoms with van der Waals surface area (Å²) in [6.45, 7) is 4.14. The SMILES string of the molecule is Cc1cc2nc(NC(=O)/C=C/c3ccccc3)sc2cc1C. The molecule has 0 spiro atoms. The number of aromatic nitrogens is 1. The summed E-state index contributed by atoms with van der Waals surface area (Å²) in [5, 5.41) is 3.45. The van der Waals surface area contributed by atoms with Crippen molar-refractivity contribution in [2.75, 3.05) is 5.32 Å². The van der Waals surface area contributed by atoms with Crippen LogP contribution in [0.4, 0.5) is 5.13 Å². The molecule has 0 saturated carbocycles. The second-order valence-electron chi connectivity index (χ2n) is 5.16. The highest BCUT2D eigenvalue weighted by Gasteiger charge is 2.07. The van der Waals surface area contributed by atoms with Crippen LogP contribution in [0.15, 0.2) is 48.5 Å². The first-order valence-electron chi connectivity index (χ1n) is 7.04. The lowest BCUT2D eigenvalue weighted by Crippen LogP contribution is -2.07. The molecule has 1 aromatic heterocycles. The van der Waals surface area contributed by atoms with Gasteiger partial charge in [-0.05, 0) is 48.7 Å². The van der Waals surface area contributed by atoms with Crippen LogP contribution in [-0.2, 0) is 4.79 Å². The molecule has 0 bridgehead atoms. The molecule has 1 amide bonds. The average molecular weight is 308 g/mol. The number of rotatable bonds is 3. The Kier molecular flexibility index (Phi) is 4.02. The lowest BCUT2D eigenvalue weighted by atomic mass is 10.1. The smallest absolute Gasteiger partial charge is 0.250 e.